The number of carbonyl (C=O) groups is 1. The molecule has 0 aliphatic rings. The van der Waals surface area contributed by atoms with Crippen LogP contribution in [0.4, 0.5) is 13.2 Å². The molecule has 0 unspecified atom stereocenters. The second-order valence-electron chi connectivity index (χ2n) is 3.45. The van der Waals surface area contributed by atoms with Crippen LogP contribution in [0.15, 0.2) is 24.5 Å². The molecule has 0 amide bonds. The van der Waals surface area contributed by atoms with E-state index in [1.54, 1.807) is 0 Å². The Hall–Kier alpha value is -2.09. The van der Waals surface area contributed by atoms with Crippen molar-refractivity contribution >= 4 is 17.6 Å². The van der Waals surface area contributed by atoms with Crippen LogP contribution in [0.3, 0.4) is 0 Å². The van der Waals surface area contributed by atoms with Gasteiger partial charge in [-0.25, -0.2) is 14.5 Å². The molecule has 0 saturated carbocycles. The number of hydrogen-bond acceptors (Lipinski definition) is 3. The number of alkyl halides is 3. The van der Waals surface area contributed by atoms with Gasteiger partial charge in [0.05, 0.1) is 6.20 Å². The van der Waals surface area contributed by atoms with E-state index >= 15 is 0 Å². The smallest absolute Gasteiger partial charge is 0.434 e. The van der Waals surface area contributed by atoms with Crippen LogP contribution in [-0.2, 0) is 6.18 Å². The molecule has 1 N–H and O–H groups in total. The molecule has 0 atom stereocenters. The van der Waals surface area contributed by atoms with Crippen LogP contribution >= 0.6 is 11.6 Å². The molecule has 0 aliphatic heterocycles. The first kappa shape index (κ1) is 13.3. The summed E-state index contributed by atoms with van der Waals surface area (Å²) in [5.41, 5.74) is -2.36. The molecule has 2 rings (SSSR count). The zero-order valence-electron chi connectivity index (χ0n) is 9.02. The molecule has 2 aromatic heterocycles. The zero-order valence-corrected chi connectivity index (χ0v) is 9.77. The Morgan fingerprint density at radius 2 is 2.11 bits per heavy atom. The van der Waals surface area contributed by atoms with E-state index in [9.17, 15) is 18.0 Å². The lowest BCUT2D eigenvalue weighted by Crippen LogP contribution is -2.17. The highest BCUT2D eigenvalue weighted by molar-refractivity contribution is 6.30. The van der Waals surface area contributed by atoms with E-state index in [2.05, 4.69) is 10.1 Å². The molecule has 5 nitrogen and oxygen atoms in total. The number of aromatic carboxylic acids is 1. The number of carboxylic acid groups (broad SMARTS) is 1. The lowest BCUT2D eigenvalue weighted by Gasteiger charge is -2.10. The van der Waals surface area contributed by atoms with Crippen molar-refractivity contribution in [2.45, 2.75) is 6.18 Å². The number of pyridine rings is 1. The van der Waals surface area contributed by atoms with Crippen molar-refractivity contribution in [1.29, 1.82) is 0 Å². The van der Waals surface area contributed by atoms with E-state index in [0.717, 1.165) is 6.07 Å². The Balaban J connectivity index is 2.68. The molecular weight excluding hydrogens is 287 g/mol. The Bertz CT molecular complexity index is 639. The van der Waals surface area contributed by atoms with Crippen molar-refractivity contribution in [2.24, 2.45) is 0 Å². The molecule has 0 aromatic carbocycles. The monoisotopic (exact) mass is 291 g/mol. The quantitative estimate of drug-likeness (QED) is 0.923. The molecule has 0 radical (unpaired) electrons. The molecule has 0 aliphatic carbocycles. The van der Waals surface area contributed by atoms with Gasteiger partial charge in [0.25, 0.3) is 0 Å². The number of halogens is 4. The van der Waals surface area contributed by atoms with Crippen molar-refractivity contribution in [1.82, 2.24) is 14.8 Å². The Kier molecular flexibility index (Phi) is 3.19. The van der Waals surface area contributed by atoms with Gasteiger partial charge < -0.3 is 5.11 Å². The van der Waals surface area contributed by atoms with Crippen LogP contribution in [-0.4, -0.2) is 25.8 Å². The van der Waals surface area contributed by atoms with Gasteiger partial charge in [-0.3, -0.25) is 0 Å². The molecule has 0 spiro atoms. The van der Waals surface area contributed by atoms with Crippen molar-refractivity contribution in [3.8, 4) is 5.82 Å². The van der Waals surface area contributed by atoms with Crippen molar-refractivity contribution in [3.05, 3.63) is 40.8 Å². The minimum atomic E-state index is -4.88. The van der Waals surface area contributed by atoms with Gasteiger partial charge in [-0.15, -0.1) is 0 Å². The van der Waals surface area contributed by atoms with E-state index in [1.807, 2.05) is 0 Å². The van der Waals surface area contributed by atoms with Gasteiger partial charge >= 0.3 is 12.1 Å². The predicted molar refractivity (Wildman–Crippen MR) is 58.3 cm³/mol. The van der Waals surface area contributed by atoms with Crippen LogP contribution in [0.25, 0.3) is 5.82 Å². The predicted octanol–water partition coefficient (Wildman–Crippen LogP) is 2.64. The van der Waals surface area contributed by atoms with Gasteiger partial charge in [-0.05, 0) is 6.07 Å². The van der Waals surface area contributed by atoms with Gasteiger partial charge in [0.15, 0.2) is 11.5 Å². The summed E-state index contributed by atoms with van der Waals surface area (Å²) < 4.78 is 39.1. The number of rotatable bonds is 2. The van der Waals surface area contributed by atoms with Gasteiger partial charge in [0.2, 0.25) is 0 Å². The molecule has 100 valence electrons. The molecule has 2 heterocycles. The van der Waals surface area contributed by atoms with Crippen molar-refractivity contribution in [3.63, 3.8) is 0 Å². The van der Waals surface area contributed by atoms with Crippen LogP contribution < -0.4 is 0 Å². The molecule has 9 heteroatoms. The van der Waals surface area contributed by atoms with E-state index in [-0.39, 0.29) is 10.8 Å². The third-order valence-corrected chi connectivity index (χ3v) is 2.43. The summed E-state index contributed by atoms with van der Waals surface area (Å²) in [6, 6.07) is 2.52. The summed E-state index contributed by atoms with van der Waals surface area (Å²) in [6.45, 7) is 0. The fraction of sp³-hybridized carbons (Fsp3) is 0.100. The lowest BCUT2D eigenvalue weighted by molar-refractivity contribution is -0.143. The Morgan fingerprint density at radius 3 is 2.63 bits per heavy atom. The molecule has 0 bridgehead atoms. The lowest BCUT2D eigenvalue weighted by atomic mass is 10.2. The highest BCUT2D eigenvalue weighted by Gasteiger charge is 2.40. The van der Waals surface area contributed by atoms with Crippen LogP contribution in [0.1, 0.15) is 16.1 Å². The summed E-state index contributed by atoms with van der Waals surface area (Å²) in [4.78, 5) is 14.5. The summed E-state index contributed by atoms with van der Waals surface area (Å²) in [5, 5.41) is 12.3. The average molecular weight is 292 g/mol. The zero-order chi connectivity index (χ0) is 14.2. The second kappa shape index (κ2) is 4.54. The number of nitrogens with zero attached hydrogens (tertiary/aromatic N) is 3. The van der Waals surface area contributed by atoms with Crippen LogP contribution in [0, 0.1) is 0 Å². The van der Waals surface area contributed by atoms with E-state index < -0.39 is 23.4 Å². The van der Waals surface area contributed by atoms with Crippen LogP contribution in [0.5, 0.6) is 0 Å². The Morgan fingerprint density at radius 1 is 1.42 bits per heavy atom. The van der Waals surface area contributed by atoms with Gasteiger partial charge in [0, 0.05) is 17.3 Å². The molecule has 0 fully saturated rings. The maximum Gasteiger partial charge on any atom is 0.434 e. The molecular formula is C10H5ClF3N3O2. The summed E-state index contributed by atoms with van der Waals surface area (Å²) in [7, 11) is 0. The molecule has 0 saturated heterocycles. The van der Waals surface area contributed by atoms with Gasteiger partial charge in [-0.1, -0.05) is 11.6 Å². The Labute approximate surface area is 109 Å². The number of carboxylic acids is 1. The van der Waals surface area contributed by atoms with E-state index in [0.29, 0.717) is 10.9 Å². The minimum Gasteiger partial charge on any atom is -0.478 e. The van der Waals surface area contributed by atoms with Gasteiger partial charge in [-0.2, -0.15) is 18.3 Å². The normalized spacial score (nSPS) is 11.6. The highest BCUT2D eigenvalue weighted by atomic mass is 35.5. The maximum atomic E-state index is 12.9. The summed E-state index contributed by atoms with van der Waals surface area (Å²) in [6.07, 6.45) is -3.07. The van der Waals surface area contributed by atoms with E-state index in [4.69, 9.17) is 16.7 Å². The van der Waals surface area contributed by atoms with Crippen molar-refractivity contribution in [2.75, 3.05) is 0 Å². The fourth-order valence-corrected chi connectivity index (χ4v) is 1.61. The number of hydrogen-bond donors (Lipinski definition) is 1. The third-order valence-electron chi connectivity index (χ3n) is 2.19. The van der Waals surface area contributed by atoms with Crippen LogP contribution in [0.2, 0.25) is 5.02 Å². The number of aromatic nitrogens is 3. The standard InChI is InChI=1S/C10H5ClF3N3O2/c11-5-1-2-15-7(3-5)17-8(10(12,13)14)6(4-16-17)9(18)19/h1-4H,(H,18,19). The first-order valence-electron chi connectivity index (χ1n) is 4.81. The minimum absolute atomic E-state index is 0.158. The highest BCUT2D eigenvalue weighted by Crippen LogP contribution is 2.33. The van der Waals surface area contributed by atoms with Gasteiger partial charge in [0.1, 0.15) is 5.56 Å². The van der Waals surface area contributed by atoms with Crippen molar-refractivity contribution < 1.29 is 23.1 Å². The summed E-state index contributed by atoms with van der Waals surface area (Å²) >= 11 is 5.65. The second-order valence-corrected chi connectivity index (χ2v) is 3.89. The molecule has 2 aromatic rings. The average Bonchev–Trinajstić information content (AvgIpc) is 2.73. The maximum absolute atomic E-state index is 12.9. The SMILES string of the molecule is O=C(O)c1cnn(-c2cc(Cl)ccn2)c1C(F)(F)F. The summed E-state index contributed by atoms with van der Waals surface area (Å²) in [5.74, 6) is -1.94. The van der Waals surface area contributed by atoms with E-state index in [1.165, 1.54) is 12.3 Å². The first-order chi connectivity index (χ1) is 8.80. The molecule has 19 heavy (non-hydrogen) atoms. The third kappa shape index (κ3) is 2.53. The first-order valence-corrected chi connectivity index (χ1v) is 5.19. The fourth-order valence-electron chi connectivity index (χ4n) is 1.46. The largest absolute Gasteiger partial charge is 0.478 e. The topological polar surface area (TPSA) is 68.0 Å².